The predicted octanol–water partition coefficient (Wildman–Crippen LogP) is 11.7. The fourth-order valence-corrected chi connectivity index (χ4v) is 7.39. The molecule has 3 aliphatic rings. The first-order chi connectivity index (χ1) is 22.6. The summed E-state index contributed by atoms with van der Waals surface area (Å²) in [4.78, 5) is 10.4. The van der Waals surface area contributed by atoms with Crippen molar-refractivity contribution in [1.29, 1.82) is 0 Å². The molecule has 0 N–H and O–H groups in total. The number of fused-ring (bicyclic) bond motifs is 3. The number of hydrogen-bond donors (Lipinski definition) is 0. The first kappa shape index (κ1) is 28.4. The summed E-state index contributed by atoms with van der Waals surface area (Å²) >= 11 is 0. The summed E-state index contributed by atoms with van der Waals surface area (Å²) < 4.78 is 0. The van der Waals surface area contributed by atoms with E-state index in [4.69, 9.17) is 9.97 Å². The summed E-state index contributed by atoms with van der Waals surface area (Å²) in [6, 6.07) is 31.2. The summed E-state index contributed by atoms with van der Waals surface area (Å²) in [5.74, 6) is 1.12. The van der Waals surface area contributed by atoms with Crippen LogP contribution in [0.5, 0.6) is 0 Å². The molecule has 8 rings (SSSR count). The fraction of sp³-hybridized carbons (Fsp3) is 0.182. The van der Waals surface area contributed by atoms with Gasteiger partial charge in [0.2, 0.25) is 0 Å². The van der Waals surface area contributed by atoms with Gasteiger partial charge >= 0.3 is 0 Å². The molecule has 224 valence electrons. The molecule has 0 spiro atoms. The van der Waals surface area contributed by atoms with E-state index >= 15 is 0 Å². The van der Waals surface area contributed by atoms with E-state index in [9.17, 15) is 0 Å². The van der Waals surface area contributed by atoms with Crippen LogP contribution in [0.3, 0.4) is 0 Å². The lowest BCUT2D eigenvalue weighted by molar-refractivity contribution is 0.790. The zero-order valence-corrected chi connectivity index (χ0v) is 26.6. The Morgan fingerprint density at radius 1 is 0.674 bits per heavy atom. The first-order valence-corrected chi connectivity index (χ1v) is 16.6. The van der Waals surface area contributed by atoms with Crippen LogP contribution in [0.4, 0.5) is 0 Å². The molecule has 0 aliphatic heterocycles. The van der Waals surface area contributed by atoms with Crippen LogP contribution in [-0.2, 0) is 6.42 Å². The van der Waals surface area contributed by atoms with Crippen molar-refractivity contribution in [3.8, 4) is 33.6 Å². The SMILES string of the molecule is CC1=CCC(c2cc(-c3cc(-c4ccccc4)nc(C4=CCCC=C4)n3)cc(-c3cc4ccccc4c4c3CCC=C4)c2)C(C)=C1. The van der Waals surface area contributed by atoms with Gasteiger partial charge in [0, 0.05) is 22.6 Å². The van der Waals surface area contributed by atoms with Gasteiger partial charge < -0.3 is 0 Å². The monoisotopic (exact) mass is 594 g/mol. The second-order valence-corrected chi connectivity index (χ2v) is 12.9. The molecule has 1 unspecified atom stereocenters. The Morgan fingerprint density at radius 2 is 1.46 bits per heavy atom. The molecule has 0 saturated heterocycles. The smallest absolute Gasteiger partial charge is 0.160 e. The van der Waals surface area contributed by atoms with E-state index < -0.39 is 0 Å². The molecule has 1 aromatic heterocycles. The molecule has 3 aliphatic carbocycles. The van der Waals surface area contributed by atoms with Gasteiger partial charge in [-0.25, -0.2) is 9.97 Å². The molecule has 2 heteroatoms. The molecule has 4 aromatic carbocycles. The van der Waals surface area contributed by atoms with Crippen molar-refractivity contribution in [1.82, 2.24) is 9.97 Å². The molecule has 1 atom stereocenters. The van der Waals surface area contributed by atoms with Crippen LogP contribution < -0.4 is 0 Å². The molecule has 0 saturated carbocycles. The second-order valence-electron chi connectivity index (χ2n) is 12.9. The highest BCUT2D eigenvalue weighted by Crippen LogP contribution is 2.42. The van der Waals surface area contributed by atoms with Gasteiger partial charge in [0.25, 0.3) is 0 Å². The van der Waals surface area contributed by atoms with E-state index in [0.717, 1.165) is 66.0 Å². The van der Waals surface area contributed by atoms with E-state index in [2.05, 4.69) is 141 Å². The standard InChI is InChI=1S/C44H38N2/c1-29-21-22-37(30(2)23-29)34-24-35(41-27-33-17-9-10-18-38(33)39-19-11-12-20-40(39)41)26-36(25-34)43-28-42(31-13-5-3-6-14-31)45-44(46-43)32-15-7-4-8-16-32/h3,5-7,9-11,13-19,21,23-28,37H,4,8,12,20,22H2,1-2H3. The van der Waals surface area contributed by atoms with Gasteiger partial charge in [-0.15, -0.1) is 0 Å². The van der Waals surface area contributed by atoms with Crippen molar-refractivity contribution in [3.05, 3.63) is 155 Å². The molecular formula is C44H38N2. The molecule has 0 radical (unpaired) electrons. The number of hydrogen-bond acceptors (Lipinski definition) is 2. The number of allylic oxidation sites excluding steroid dienone is 9. The lowest BCUT2D eigenvalue weighted by Crippen LogP contribution is -2.06. The van der Waals surface area contributed by atoms with Gasteiger partial charge in [-0.05, 0) is 109 Å². The Balaban J connectivity index is 1.37. The molecule has 46 heavy (non-hydrogen) atoms. The quantitative estimate of drug-likeness (QED) is 0.202. The molecule has 1 heterocycles. The number of nitrogens with zero attached hydrogens (tertiary/aromatic N) is 2. The second kappa shape index (κ2) is 12.0. The molecular weight excluding hydrogens is 556 g/mol. The third-order valence-electron chi connectivity index (χ3n) is 9.74. The van der Waals surface area contributed by atoms with Crippen molar-refractivity contribution >= 4 is 22.4 Å². The van der Waals surface area contributed by atoms with Crippen molar-refractivity contribution < 1.29 is 0 Å². The van der Waals surface area contributed by atoms with E-state index in [1.54, 1.807) is 0 Å². The fourth-order valence-electron chi connectivity index (χ4n) is 7.39. The van der Waals surface area contributed by atoms with Crippen LogP contribution in [0.1, 0.15) is 68.0 Å². The maximum Gasteiger partial charge on any atom is 0.160 e. The van der Waals surface area contributed by atoms with Crippen LogP contribution in [0.15, 0.2) is 133 Å². The van der Waals surface area contributed by atoms with E-state index in [-0.39, 0.29) is 0 Å². The van der Waals surface area contributed by atoms with Crippen LogP contribution >= 0.6 is 0 Å². The van der Waals surface area contributed by atoms with Crippen LogP contribution in [-0.4, -0.2) is 9.97 Å². The average Bonchev–Trinajstić information content (AvgIpc) is 3.11. The number of aromatic nitrogens is 2. The molecule has 0 fully saturated rings. The zero-order chi connectivity index (χ0) is 31.0. The van der Waals surface area contributed by atoms with Crippen LogP contribution in [0.2, 0.25) is 0 Å². The van der Waals surface area contributed by atoms with Gasteiger partial charge in [-0.1, -0.05) is 114 Å². The summed E-state index contributed by atoms with van der Waals surface area (Å²) in [7, 11) is 0. The molecule has 2 nitrogen and oxygen atoms in total. The summed E-state index contributed by atoms with van der Waals surface area (Å²) in [5.41, 5.74) is 14.8. The van der Waals surface area contributed by atoms with Gasteiger partial charge in [0.15, 0.2) is 5.82 Å². The number of benzene rings is 4. The third-order valence-corrected chi connectivity index (χ3v) is 9.74. The van der Waals surface area contributed by atoms with E-state index in [1.807, 2.05) is 0 Å². The Labute approximate surface area is 272 Å². The maximum atomic E-state index is 5.27. The largest absolute Gasteiger partial charge is 0.228 e. The Morgan fingerprint density at radius 3 is 2.28 bits per heavy atom. The highest BCUT2D eigenvalue weighted by atomic mass is 14.9. The zero-order valence-electron chi connectivity index (χ0n) is 26.6. The first-order valence-electron chi connectivity index (χ1n) is 16.6. The van der Waals surface area contributed by atoms with Gasteiger partial charge in [-0.3, -0.25) is 0 Å². The van der Waals surface area contributed by atoms with Gasteiger partial charge in [0.1, 0.15) is 0 Å². The molecule has 0 bridgehead atoms. The van der Waals surface area contributed by atoms with Gasteiger partial charge in [-0.2, -0.15) is 0 Å². The van der Waals surface area contributed by atoms with E-state index in [0.29, 0.717) is 5.92 Å². The normalized spacial score (nSPS) is 17.3. The Kier molecular flexibility index (Phi) is 7.42. The van der Waals surface area contributed by atoms with Crippen LogP contribution in [0.25, 0.3) is 56.1 Å². The molecule has 0 amide bonds. The summed E-state index contributed by atoms with van der Waals surface area (Å²) in [5, 5.41) is 2.62. The highest BCUT2D eigenvalue weighted by Gasteiger charge is 2.22. The van der Waals surface area contributed by atoms with E-state index in [1.165, 1.54) is 49.7 Å². The minimum Gasteiger partial charge on any atom is -0.228 e. The maximum absolute atomic E-state index is 5.27. The lowest BCUT2D eigenvalue weighted by atomic mass is 9.80. The topological polar surface area (TPSA) is 25.8 Å². The predicted molar refractivity (Wildman–Crippen MR) is 194 cm³/mol. The van der Waals surface area contributed by atoms with Crippen LogP contribution in [0, 0.1) is 0 Å². The minimum absolute atomic E-state index is 0.331. The van der Waals surface area contributed by atoms with Crippen molar-refractivity contribution in [3.63, 3.8) is 0 Å². The number of rotatable bonds is 5. The van der Waals surface area contributed by atoms with Crippen molar-refractivity contribution in [2.24, 2.45) is 0 Å². The average molecular weight is 595 g/mol. The molecule has 5 aromatic rings. The van der Waals surface area contributed by atoms with Crippen molar-refractivity contribution in [2.75, 3.05) is 0 Å². The highest BCUT2D eigenvalue weighted by molar-refractivity contribution is 5.97. The van der Waals surface area contributed by atoms with Gasteiger partial charge in [0.05, 0.1) is 11.4 Å². The lowest BCUT2D eigenvalue weighted by Gasteiger charge is -2.24. The van der Waals surface area contributed by atoms with Crippen molar-refractivity contribution in [2.45, 2.75) is 51.9 Å². The third kappa shape index (κ3) is 5.39. The minimum atomic E-state index is 0.331. The summed E-state index contributed by atoms with van der Waals surface area (Å²) in [6.45, 7) is 4.49. The summed E-state index contributed by atoms with van der Waals surface area (Å²) in [6.07, 6.45) is 21.3. The Bertz CT molecular complexity index is 2140. The Hall–Kier alpha value is -5.08.